The molecule has 30 nitrogen and oxygen atoms in total. The molecular formula is C106H113FN30. The molecule has 0 bridgehead atoms. The number of halogens is 1. The number of hydrogen-bond donors (Lipinski definition) is 3. The van der Waals surface area contributed by atoms with Crippen LogP contribution >= 0.6 is 0 Å². The van der Waals surface area contributed by atoms with Crippen molar-refractivity contribution in [3.05, 3.63) is 304 Å². The number of aromatic nitrogens is 25. The van der Waals surface area contributed by atoms with Gasteiger partial charge in [0.1, 0.15) is 58.2 Å². The molecule has 2 aromatic carbocycles. The average Bonchev–Trinajstić information content (AvgIpc) is 1.64. The maximum absolute atomic E-state index is 13.4. The SMILES string of the molecule is C.C.C.C.C.Cc1ccc(-n2c(-c3ccc(NC(C)C)nc3)nc3ccncc32)cc1.Cc1ccc(-n2c(-c3ccc(NC4CC4)nc3)nc3ccncc32)cn1.Cc1ccc(-n2c(-c3cnc(N4CCCC4)nc3)nc3ccncc32)cn1.Cc1ccc(-n2c(-c3cnc(N4CCCC4)nc3)nc3ccncc32)nc1.Fc1ccc(-n2c(-c3ccc(NC4CC4)nc3)nc3ccncc32)cc1. The number of benzene rings is 2. The molecule has 4 fully saturated rings. The quantitative estimate of drug-likeness (QED) is 0.0718. The van der Waals surface area contributed by atoms with Crippen LogP contribution in [0.25, 0.3) is 141 Å². The minimum absolute atomic E-state index is 0. The summed E-state index contributed by atoms with van der Waals surface area (Å²) in [5, 5.41) is 10.1. The Bertz CT molecular complexity index is 6790. The van der Waals surface area contributed by atoms with Crippen molar-refractivity contribution in [3.8, 4) is 85.5 Å². The van der Waals surface area contributed by atoms with Gasteiger partial charge in [0, 0.05) is 164 Å². The predicted octanol–water partition coefficient (Wildman–Crippen LogP) is 22.1. The topological polar surface area (TPSA) is 325 Å². The first-order valence-corrected chi connectivity index (χ1v) is 44.3. The molecule has 24 rings (SSSR count). The molecule has 0 amide bonds. The molecule has 3 N–H and O–H groups in total. The summed E-state index contributed by atoms with van der Waals surface area (Å²) >= 11 is 0. The minimum atomic E-state index is -0.269. The molecule has 4 aliphatic rings. The van der Waals surface area contributed by atoms with E-state index in [1.165, 1.54) is 69.1 Å². The Kier molecular flexibility index (Phi) is 29.6. The van der Waals surface area contributed by atoms with Crippen molar-refractivity contribution in [1.82, 2.24) is 123 Å². The fourth-order valence-corrected chi connectivity index (χ4v) is 16.0. The summed E-state index contributed by atoms with van der Waals surface area (Å²) in [6.45, 7) is 16.4. The molecule has 31 heteroatoms. The normalized spacial score (nSPS) is 13.0. The maximum Gasteiger partial charge on any atom is 0.225 e. The summed E-state index contributed by atoms with van der Waals surface area (Å²) in [6.07, 6.45) is 46.1. The Morgan fingerprint density at radius 3 is 0.942 bits per heavy atom. The second kappa shape index (κ2) is 42.6. The van der Waals surface area contributed by atoms with Gasteiger partial charge in [-0.25, -0.2) is 69.2 Å². The molecule has 20 heterocycles. The summed E-state index contributed by atoms with van der Waals surface area (Å²) in [7, 11) is 0. The maximum atomic E-state index is 13.4. The molecule has 2 saturated heterocycles. The number of nitrogens with zero attached hydrogens (tertiary/aromatic N) is 27. The first-order chi connectivity index (χ1) is 64.8. The van der Waals surface area contributed by atoms with Crippen LogP contribution < -0.4 is 25.8 Å². The zero-order valence-electron chi connectivity index (χ0n) is 73.7. The molecule has 18 aromatic heterocycles. The Morgan fingerprint density at radius 1 is 0.292 bits per heavy atom. The zero-order valence-corrected chi connectivity index (χ0v) is 73.7. The number of nitrogens with one attached hydrogen (secondary N) is 3. The lowest BCUT2D eigenvalue weighted by Crippen LogP contribution is -2.20. The number of imidazole rings is 5. The fraction of sp³-hybridized carbons (Fsp3) is 0.245. The molecule has 0 radical (unpaired) electrons. The van der Waals surface area contributed by atoms with E-state index in [1.54, 1.807) is 49.3 Å². The first-order valence-electron chi connectivity index (χ1n) is 44.3. The van der Waals surface area contributed by atoms with Gasteiger partial charge in [-0.3, -0.25) is 57.7 Å². The highest BCUT2D eigenvalue weighted by Crippen LogP contribution is 2.37. The molecule has 2 saturated carbocycles. The van der Waals surface area contributed by atoms with E-state index in [0.717, 1.165) is 213 Å². The van der Waals surface area contributed by atoms with Gasteiger partial charge in [-0.15, -0.1) is 0 Å². The lowest BCUT2D eigenvalue weighted by molar-refractivity contribution is 0.627. The van der Waals surface area contributed by atoms with Crippen LogP contribution in [0.1, 0.15) is 125 Å². The van der Waals surface area contributed by atoms with Gasteiger partial charge in [-0.1, -0.05) is 60.9 Å². The molecule has 2 aliphatic heterocycles. The Labute approximate surface area is 796 Å². The van der Waals surface area contributed by atoms with Crippen molar-refractivity contribution in [3.63, 3.8) is 0 Å². The van der Waals surface area contributed by atoms with E-state index in [9.17, 15) is 4.39 Å². The van der Waals surface area contributed by atoms with E-state index in [0.29, 0.717) is 18.1 Å². The largest absolute Gasteiger partial charge is 0.368 e. The van der Waals surface area contributed by atoms with Gasteiger partial charge in [0.25, 0.3) is 0 Å². The second-order valence-corrected chi connectivity index (χ2v) is 33.4. The standard InChI is InChI=1S/C21H21N5.C20H16FN5.2C20H19N7.C20H18N6.5CH4/c1-14(2)24-20-9-6-16(12-23-20)21-25-18-10-11-22-13-19(18)26(21)17-7-4-15(3)5-8-17;21-14-2-6-16(7-3-14)26-18-12-22-10-9-17(18)25-20(26)13-1-8-19(23-11-13)24-15-4-5-15;1-14-4-5-16(12-22-14)27-18-13-21-7-6-17(18)25-19(27)15-10-23-20(24-11-15)26-8-2-3-9-26;1-14-4-5-18(22-10-14)27-17-13-21-7-6-16(17)25-19(27)15-11-23-20(24-12-15)26-8-2-3-9-26;1-13-2-6-16(11-22-13)26-18-12-21-9-8-17(18)25-20(26)14-3-7-19(23-10-14)24-15-4-5-15;;;;;/h4-14H,1-3H3,(H,23,24);1-3,6-12,15H,4-5H2,(H,23,24);2*4-7,10-13H,2-3,8-9H2,1H3;2-3,6-12,15H,4-5H2,1H3,(H,23,24);5*1H4. The Hall–Kier alpha value is -16.5. The molecule has 0 spiro atoms. The highest BCUT2D eigenvalue weighted by molar-refractivity contribution is 5.87. The lowest BCUT2D eigenvalue weighted by Gasteiger charge is -2.15. The van der Waals surface area contributed by atoms with Crippen molar-refractivity contribution >= 4 is 84.5 Å². The van der Waals surface area contributed by atoms with Crippen molar-refractivity contribution in [2.45, 2.75) is 148 Å². The predicted molar refractivity (Wildman–Crippen MR) is 547 cm³/mol. The van der Waals surface area contributed by atoms with Gasteiger partial charge in [0.05, 0.1) is 121 Å². The minimum Gasteiger partial charge on any atom is -0.368 e. The molecule has 0 atom stereocenters. The highest BCUT2D eigenvalue weighted by Gasteiger charge is 2.27. The third-order valence-electron chi connectivity index (χ3n) is 23.0. The molecule has 2 aliphatic carbocycles. The second-order valence-electron chi connectivity index (χ2n) is 33.4. The van der Waals surface area contributed by atoms with Gasteiger partial charge in [-0.05, 0) is 232 Å². The zero-order chi connectivity index (χ0) is 89.5. The average molecular weight is 1830 g/mol. The first kappa shape index (κ1) is 95.2. The summed E-state index contributed by atoms with van der Waals surface area (Å²) < 4.78 is 23.6. The van der Waals surface area contributed by atoms with E-state index in [2.05, 4.69) is 177 Å². The van der Waals surface area contributed by atoms with Crippen LogP contribution in [0.5, 0.6) is 0 Å². The monoisotopic (exact) mass is 1820 g/mol. The third-order valence-corrected chi connectivity index (χ3v) is 23.0. The smallest absolute Gasteiger partial charge is 0.225 e. The third kappa shape index (κ3) is 21.3. The fourth-order valence-electron chi connectivity index (χ4n) is 16.0. The number of hydrogen-bond acceptors (Lipinski definition) is 25. The van der Waals surface area contributed by atoms with Crippen molar-refractivity contribution in [2.24, 2.45) is 0 Å². The lowest BCUT2D eigenvalue weighted by atomic mass is 10.2. The van der Waals surface area contributed by atoms with Crippen molar-refractivity contribution in [1.29, 1.82) is 0 Å². The van der Waals surface area contributed by atoms with Crippen LogP contribution in [0.15, 0.2) is 276 Å². The van der Waals surface area contributed by atoms with Gasteiger partial charge in [0.15, 0.2) is 0 Å². The summed E-state index contributed by atoms with van der Waals surface area (Å²) in [5.41, 5.74) is 21.7. The van der Waals surface area contributed by atoms with Crippen LogP contribution in [0.4, 0.5) is 33.7 Å². The van der Waals surface area contributed by atoms with E-state index in [4.69, 9.17) is 24.9 Å². The number of fused-ring (bicyclic) bond motifs is 5. The summed E-state index contributed by atoms with van der Waals surface area (Å²) in [4.78, 5) is 95.2. The van der Waals surface area contributed by atoms with E-state index < -0.39 is 0 Å². The van der Waals surface area contributed by atoms with Gasteiger partial charge >= 0.3 is 0 Å². The van der Waals surface area contributed by atoms with Crippen LogP contribution in [0, 0.1) is 33.5 Å². The molecular weight excluding hydrogens is 1710 g/mol. The molecule has 0 unspecified atom stereocenters. The Balaban J connectivity index is 0.000000129. The molecule has 137 heavy (non-hydrogen) atoms. The van der Waals surface area contributed by atoms with E-state index in [-0.39, 0.29) is 43.0 Å². The van der Waals surface area contributed by atoms with Gasteiger partial charge < -0.3 is 25.8 Å². The number of pyridine rings is 11. The number of anilines is 5. The number of rotatable bonds is 18. The van der Waals surface area contributed by atoms with Crippen LogP contribution in [0.2, 0.25) is 0 Å². The summed E-state index contributed by atoms with van der Waals surface area (Å²) in [6, 6.07) is 50.1. The molecule has 694 valence electrons. The van der Waals surface area contributed by atoms with Gasteiger partial charge in [0.2, 0.25) is 11.9 Å². The van der Waals surface area contributed by atoms with E-state index in [1.807, 2.05) is 202 Å². The van der Waals surface area contributed by atoms with Crippen LogP contribution in [-0.4, -0.2) is 167 Å². The van der Waals surface area contributed by atoms with E-state index >= 15 is 0 Å². The van der Waals surface area contributed by atoms with Crippen LogP contribution in [0.3, 0.4) is 0 Å². The summed E-state index contributed by atoms with van der Waals surface area (Å²) in [5.74, 6) is 8.77. The molecule has 20 aromatic rings. The van der Waals surface area contributed by atoms with Gasteiger partial charge in [-0.2, -0.15) is 0 Å². The number of aryl methyl sites for hydroxylation is 4. The van der Waals surface area contributed by atoms with Crippen LogP contribution in [-0.2, 0) is 0 Å². The highest BCUT2D eigenvalue weighted by atomic mass is 19.1. The van der Waals surface area contributed by atoms with Crippen molar-refractivity contribution in [2.75, 3.05) is 51.9 Å². The Morgan fingerprint density at radius 2 is 0.613 bits per heavy atom. The van der Waals surface area contributed by atoms with Crippen molar-refractivity contribution < 1.29 is 4.39 Å².